The second kappa shape index (κ2) is 9.75. The minimum Gasteiger partial charge on any atom is -1.00 e. The van der Waals surface area contributed by atoms with E-state index in [4.69, 9.17) is 9.47 Å². The SMILES string of the molecule is COc1cc2c(cc1OC)C(=O)C(C=C1C=C[N+](Cc3ccccc3Br)=CC1)C2.[Br-]. The molecule has 6 heteroatoms. The zero-order chi connectivity index (χ0) is 20.4. The third kappa shape index (κ3) is 4.60. The number of carbonyl (C=O) groups is 1. The van der Waals surface area contributed by atoms with E-state index in [0.717, 1.165) is 28.6 Å². The fraction of sp³-hybridized carbons (Fsp3) is 0.250. The van der Waals surface area contributed by atoms with Crippen LogP contribution in [0.15, 0.2) is 64.8 Å². The molecule has 0 fully saturated rings. The van der Waals surface area contributed by atoms with Gasteiger partial charge in [-0.1, -0.05) is 40.2 Å². The largest absolute Gasteiger partial charge is 1.00 e. The number of hydrogen-bond donors (Lipinski definition) is 0. The van der Waals surface area contributed by atoms with Crippen LogP contribution in [0.1, 0.15) is 27.9 Å². The van der Waals surface area contributed by atoms with Gasteiger partial charge >= 0.3 is 0 Å². The standard InChI is InChI=1S/C24H23BrNO3.BrH/c1-28-22-13-18-12-19(24(27)20(18)14-23(22)29-2)11-16-7-9-26(10-8-16)15-17-5-3-4-6-21(17)25;/h3-7,9-11,13-14,19H,8,12,15H2,1-2H3;1H/q+1;/p-1. The molecule has 156 valence electrons. The summed E-state index contributed by atoms with van der Waals surface area (Å²) in [7, 11) is 3.20. The average molecular weight is 533 g/mol. The summed E-state index contributed by atoms with van der Waals surface area (Å²) >= 11 is 3.60. The molecule has 2 aromatic rings. The Hall–Kier alpha value is -2.18. The lowest BCUT2D eigenvalue weighted by Crippen LogP contribution is -3.00. The van der Waals surface area contributed by atoms with Crippen molar-refractivity contribution in [1.29, 1.82) is 0 Å². The number of benzene rings is 2. The predicted octanol–water partition coefficient (Wildman–Crippen LogP) is 1.95. The molecular weight excluding hydrogens is 510 g/mol. The highest BCUT2D eigenvalue weighted by Gasteiger charge is 2.31. The molecule has 30 heavy (non-hydrogen) atoms. The van der Waals surface area contributed by atoms with E-state index in [9.17, 15) is 4.79 Å². The molecule has 0 spiro atoms. The van der Waals surface area contributed by atoms with E-state index in [0.29, 0.717) is 17.9 Å². The Morgan fingerprint density at radius 1 is 1.17 bits per heavy atom. The topological polar surface area (TPSA) is 38.5 Å². The molecule has 0 aromatic heterocycles. The van der Waals surface area contributed by atoms with Gasteiger partial charge in [0.05, 0.1) is 20.6 Å². The Morgan fingerprint density at radius 3 is 2.57 bits per heavy atom. The molecule has 2 aromatic carbocycles. The predicted molar refractivity (Wildman–Crippen MR) is 117 cm³/mol. The molecule has 0 saturated carbocycles. The van der Waals surface area contributed by atoms with Gasteiger partial charge in [-0.2, -0.15) is 0 Å². The van der Waals surface area contributed by atoms with E-state index in [2.05, 4.69) is 57.2 Å². The Bertz CT molecular complexity index is 1060. The van der Waals surface area contributed by atoms with Crippen molar-refractivity contribution in [2.45, 2.75) is 19.4 Å². The zero-order valence-corrected chi connectivity index (χ0v) is 20.1. The van der Waals surface area contributed by atoms with E-state index in [-0.39, 0.29) is 28.7 Å². The number of allylic oxidation sites excluding steroid dienone is 3. The smallest absolute Gasteiger partial charge is 0.174 e. The maximum absolute atomic E-state index is 12.9. The number of carbonyl (C=O) groups excluding carboxylic acids is 1. The molecule has 0 saturated heterocycles. The van der Waals surface area contributed by atoms with Crippen molar-refractivity contribution >= 4 is 27.9 Å². The van der Waals surface area contributed by atoms with Crippen LogP contribution in [0.2, 0.25) is 0 Å². The van der Waals surface area contributed by atoms with Gasteiger partial charge in [0.2, 0.25) is 0 Å². The molecular formula is C24H23Br2NO3. The second-order valence-corrected chi connectivity index (χ2v) is 8.10. The summed E-state index contributed by atoms with van der Waals surface area (Å²) in [5, 5.41) is 0. The molecule has 4 nitrogen and oxygen atoms in total. The Labute approximate surface area is 195 Å². The number of ether oxygens (including phenoxy) is 2. The van der Waals surface area contributed by atoms with Crippen LogP contribution < -0.4 is 26.5 Å². The van der Waals surface area contributed by atoms with Gasteiger partial charge in [0.1, 0.15) is 6.21 Å². The number of hydrogen-bond acceptors (Lipinski definition) is 3. The minimum atomic E-state index is -0.135. The normalized spacial score (nSPS) is 18.6. The van der Waals surface area contributed by atoms with Crippen molar-refractivity contribution in [1.82, 2.24) is 0 Å². The van der Waals surface area contributed by atoms with Gasteiger partial charge < -0.3 is 26.5 Å². The van der Waals surface area contributed by atoms with E-state index < -0.39 is 0 Å². The van der Waals surface area contributed by atoms with Crippen LogP contribution in [0.3, 0.4) is 0 Å². The summed E-state index contributed by atoms with van der Waals surface area (Å²) in [5.74, 6) is 1.28. The highest BCUT2D eigenvalue weighted by molar-refractivity contribution is 9.10. The molecule has 4 rings (SSSR count). The van der Waals surface area contributed by atoms with Gasteiger partial charge in [0.25, 0.3) is 0 Å². The second-order valence-electron chi connectivity index (χ2n) is 7.25. The van der Waals surface area contributed by atoms with Gasteiger partial charge in [-0.25, -0.2) is 4.58 Å². The summed E-state index contributed by atoms with van der Waals surface area (Å²) in [5.41, 5.74) is 4.17. The number of methoxy groups -OCH3 is 2. The number of fused-ring (bicyclic) bond motifs is 1. The summed E-state index contributed by atoms with van der Waals surface area (Å²) in [6.07, 6.45) is 9.97. The molecule has 1 aliphatic carbocycles. The summed E-state index contributed by atoms with van der Waals surface area (Å²) in [6, 6.07) is 12.0. The van der Waals surface area contributed by atoms with Crippen LogP contribution in [0.5, 0.6) is 11.5 Å². The average Bonchev–Trinajstić information content (AvgIpc) is 3.04. The number of nitrogens with zero attached hydrogens (tertiary/aromatic N) is 1. The fourth-order valence-electron chi connectivity index (χ4n) is 3.85. The van der Waals surface area contributed by atoms with Crippen molar-refractivity contribution < 1.29 is 35.8 Å². The third-order valence-electron chi connectivity index (χ3n) is 5.42. The maximum atomic E-state index is 12.9. The Kier molecular flexibility index (Phi) is 7.32. The number of ketones is 1. The van der Waals surface area contributed by atoms with Gasteiger partial charge in [0, 0.05) is 27.6 Å². The van der Waals surface area contributed by atoms with Crippen molar-refractivity contribution in [2.75, 3.05) is 14.2 Å². The molecule has 0 radical (unpaired) electrons. The van der Waals surface area contributed by atoms with Gasteiger partial charge in [-0.15, -0.1) is 0 Å². The van der Waals surface area contributed by atoms with Crippen LogP contribution in [0, 0.1) is 5.92 Å². The monoisotopic (exact) mass is 531 g/mol. The van der Waals surface area contributed by atoms with E-state index in [1.807, 2.05) is 18.2 Å². The first-order valence-electron chi connectivity index (χ1n) is 9.59. The number of halogens is 2. The third-order valence-corrected chi connectivity index (χ3v) is 6.19. The molecule has 1 aliphatic heterocycles. The first kappa shape index (κ1) is 22.5. The lowest BCUT2D eigenvalue weighted by atomic mass is 9.99. The highest BCUT2D eigenvalue weighted by atomic mass is 79.9. The van der Waals surface area contributed by atoms with Crippen LogP contribution in [0.4, 0.5) is 0 Å². The molecule has 0 N–H and O–H groups in total. The molecule has 1 unspecified atom stereocenters. The molecule has 0 amide bonds. The lowest BCUT2D eigenvalue weighted by Gasteiger charge is -2.09. The Morgan fingerprint density at radius 2 is 1.90 bits per heavy atom. The first-order valence-corrected chi connectivity index (χ1v) is 10.4. The highest BCUT2D eigenvalue weighted by Crippen LogP contribution is 2.37. The van der Waals surface area contributed by atoms with Crippen LogP contribution >= 0.6 is 15.9 Å². The molecule has 2 aliphatic rings. The van der Waals surface area contributed by atoms with Crippen LogP contribution in [-0.4, -0.2) is 30.8 Å². The molecule has 1 heterocycles. The van der Waals surface area contributed by atoms with E-state index in [1.165, 1.54) is 11.1 Å². The van der Waals surface area contributed by atoms with Crippen molar-refractivity contribution in [3.8, 4) is 11.5 Å². The first-order chi connectivity index (χ1) is 14.1. The summed E-state index contributed by atoms with van der Waals surface area (Å²) in [4.78, 5) is 12.9. The fourth-order valence-corrected chi connectivity index (χ4v) is 4.26. The van der Waals surface area contributed by atoms with Crippen LogP contribution in [0.25, 0.3) is 0 Å². The molecule has 0 bridgehead atoms. The van der Waals surface area contributed by atoms with E-state index >= 15 is 0 Å². The summed E-state index contributed by atoms with van der Waals surface area (Å²) in [6.45, 7) is 0.818. The van der Waals surface area contributed by atoms with Crippen molar-refractivity contribution in [2.24, 2.45) is 5.92 Å². The van der Waals surface area contributed by atoms with Crippen LogP contribution in [-0.2, 0) is 13.0 Å². The number of rotatable bonds is 5. The van der Waals surface area contributed by atoms with Gasteiger partial charge in [-0.05, 0) is 35.8 Å². The zero-order valence-electron chi connectivity index (χ0n) is 16.9. The maximum Gasteiger partial charge on any atom is 0.174 e. The number of Topliss-reactive ketones (excluding diaryl/α,β-unsaturated/α-hetero) is 1. The molecule has 1 atom stereocenters. The van der Waals surface area contributed by atoms with Gasteiger partial charge in [-0.3, -0.25) is 4.79 Å². The van der Waals surface area contributed by atoms with Crippen molar-refractivity contribution in [3.63, 3.8) is 0 Å². The summed E-state index contributed by atoms with van der Waals surface area (Å²) < 4.78 is 14.0. The quantitative estimate of drug-likeness (QED) is 0.552. The Balaban J connectivity index is 0.00000256. The minimum absolute atomic E-state index is 0. The lowest BCUT2D eigenvalue weighted by molar-refractivity contribution is -0.471. The van der Waals surface area contributed by atoms with Crippen molar-refractivity contribution in [3.05, 3.63) is 81.5 Å². The van der Waals surface area contributed by atoms with Gasteiger partial charge in [0.15, 0.2) is 30.0 Å². The van der Waals surface area contributed by atoms with E-state index in [1.54, 1.807) is 20.3 Å².